The van der Waals surface area contributed by atoms with Gasteiger partial charge in [0.25, 0.3) is 0 Å². The normalized spacial score (nSPS) is 26.1. The zero-order valence-corrected chi connectivity index (χ0v) is 10.2. The quantitative estimate of drug-likeness (QED) is 0.747. The molecule has 0 radical (unpaired) electrons. The summed E-state index contributed by atoms with van der Waals surface area (Å²) in [6.07, 6.45) is 3.38. The Morgan fingerprint density at radius 2 is 2.33 bits per heavy atom. The summed E-state index contributed by atoms with van der Waals surface area (Å²) in [6, 6.07) is 2.33. The van der Waals surface area contributed by atoms with E-state index in [1.165, 1.54) is 19.5 Å². The van der Waals surface area contributed by atoms with E-state index in [0.717, 1.165) is 25.3 Å². The van der Waals surface area contributed by atoms with Crippen molar-refractivity contribution in [2.24, 2.45) is 5.92 Å². The van der Waals surface area contributed by atoms with E-state index in [-0.39, 0.29) is 5.54 Å². The molecule has 0 saturated carbocycles. The van der Waals surface area contributed by atoms with Gasteiger partial charge in [-0.1, -0.05) is 6.92 Å². The Balaban J connectivity index is 2.19. The van der Waals surface area contributed by atoms with E-state index >= 15 is 0 Å². The van der Waals surface area contributed by atoms with E-state index in [0.29, 0.717) is 0 Å². The summed E-state index contributed by atoms with van der Waals surface area (Å²) >= 11 is 0. The predicted octanol–water partition coefficient (Wildman–Crippen LogP) is 1.61. The second kappa shape index (κ2) is 5.48. The first kappa shape index (κ1) is 12.5. The maximum Gasteiger partial charge on any atom is 0.103 e. The fourth-order valence-electron chi connectivity index (χ4n) is 2.12. The standard InChI is InChI=1S/C12H23N3/c1-11-5-8-15(9-11)7-4-6-12(2,10-13)14-3/h11,14H,4-9H2,1-3H3. The number of nitrogens with zero attached hydrogens (tertiary/aromatic N) is 2. The summed E-state index contributed by atoms with van der Waals surface area (Å²) < 4.78 is 0. The minimum Gasteiger partial charge on any atom is -0.303 e. The van der Waals surface area contributed by atoms with Crippen LogP contribution in [-0.4, -0.2) is 37.1 Å². The highest BCUT2D eigenvalue weighted by molar-refractivity contribution is 5.02. The summed E-state index contributed by atoms with van der Waals surface area (Å²) in [5.41, 5.74) is -0.342. The highest BCUT2D eigenvalue weighted by Crippen LogP contribution is 2.17. The van der Waals surface area contributed by atoms with E-state index in [4.69, 9.17) is 5.26 Å². The third-order valence-electron chi connectivity index (χ3n) is 3.46. The molecule has 86 valence electrons. The van der Waals surface area contributed by atoms with Gasteiger partial charge >= 0.3 is 0 Å². The fraction of sp³-hybridized carbons (Fsp3) is 0.917. The van der Waals surface area contributed by atoms with Gasteiger partial charge < -0.3 is 10.2 Å². The van der Waals surface area contributed by atoms with Crippen LogP contribution in [0.1, 0.15) is 33.1 Å². The summed E-state index contributed by atoms with van der Waals surface area (Å²) in [5, 5.41) is 12.1. The number of rotatable bonds is 5. The van der Waals surface area contributed by atoms with Crippen molar-refractivity contribution >= 4 is 0 Å². The van der Waals surface area contributed by atoms with Crippen molar-refractivity contribution in [3.8, 4) is 6.07 Å². The third-order valence-corrected chi connectivity index (χ3v) is 3.46. The zero-order valence-electron chi connectivity index (χ0n) is 10.2. The molecule has 3 heteroatoms. The summed E-state index contributed by atoms with van der Waals surface area (Å²) in [7, 11) is 1.86. The maximum absolute atomic E-state index is 8.99. The van der Waals surface area contributed by atoms with Gasteiger partial charge in [0.1, 0.15) is 5.54 Å². The molecule has 1 saturated heterocycles. The average molecular weight is 209 g/mol. The molecule has 1 aliphatic heterocycles. The molecule has 2 atom stereocenters. The van der Waals surface area contributed by atoms with Crippen molar-refractivity contribution in [1.82, 2.24) is 10.2 Å². The molecule has 0 aromatic rings. The van der Waals surface area contributed by atoms with E-state index in [9.17, 15) is 0 Å². The van der Waals surface area contributed by atoms with Crippen LogP contribution in [0.25, 0.3) is 0 Å². The number of hydrogen-bond donors (Lipinski definition) is 1. The zero-order chi connectivity index (χ0) is 11.3. The largest absolute Gasteiger partial charge is 0.303 e. The van der Waals surface area contributed by atoms with Gasteiger partial charge in [-0.3, -0.25) is 0 Å². The molecule has 0 spiro atoms. The van der Waals surface area contributed by atoms with E-state index < -0.39 is 0 Å². The molecule has 15 heavy (non-hydrogen) atoms. The van der Waals surface area contributed by atoms with Crippen molar-refractivity contribution < 1.29 is 0 Å². The smallest absolute Gasteiger partial charge is 0.103 e. The van der Waals surface area contributed by atoms with Crippen LogP contribution < -0.4 is 5.32 Å². The Hall–Kier alpha value is -0.590. The number of nitriles is 1. The Kier molecular flexibility index (Phi) is 4.56. The molecular formula is C12H23N3. The monoisotopic (exact) mass is 209 g/mol. The van der Waals surface area contributed by atoms with Gasteiger partial charge in [0.2, 0.25) is 0 Å². The SMILES string of the molecule is CNC(C)(C#N)CCCN1CCC(C)C1. The first-order valence-corrected chi connectivity index (χ1v) is 5.92. The molecule has 2 unspecified atom stereocenters. The first-order chi connectivity index (χ1) is 7.09. The van der Waals surface area contributed by atoms with Gasteiger partial charge in [-0.15, -0.1) is 0 Å². The molecule has 1 heterocycles. The van der Waals surface area contributed by atoms with Crippen LogP contribution >= 0.6 is 0 Å². The summed E-state index contributed by atoms with van der Waals surface area (Å²) in [4.78, 5) is 2.51. The molecule has 0 bridgehead atoms. The van der Waals surface area contributed by atoms with Crippen LogP contribution in [0.5, 0.6) is 0 Å². The first-order valence-electron chi connectivity index (χ1n) is 5.92. The van der Waals surface area contributed by atoms with Crippen LogP contribution in [0.2, 0.25) is 0 Å². The molecule has 0 aromatic heterocycles. The van der Waals surface area contributed by atoms with Crippen molar-refractivity contribution in [3.63, 3.8) is 0 Å². The Morgan fingerprint density at radius 1 is 1.60 bits per heavy atom. The molecule has 0 aliphatic carbocycles. The number of nitrogens with one attached hydrogen (secondary N) is 1. The van der Waals surface area contributed by atoms with Crippen LogP contribution in [-0.2, 0) is 0 Å². The molecule has 0 amide bonds. The second-order valence-corrected chi connectivity index (χ2v) is 4.99. The van der Waals surface area contributed by atoms with Crippen molar-refractivity contribution in [2.75, 3.05) is 26.7 Å². The van der Waals surface area contributed by atoms with Gasteiger partial charge in [0.15, 0.2) is 0 Å². The molecule has 1 rings (SSSR count). The van der Waals surface area contributed by atoms with Gasteiger partial charge in [0.05, 0.1) is 6.07 Å². The lowest BCUT2D eigenvalue weighted by Gasteiger charge is -2.22. The second-order valence-electron chi connectivity index (χ2n) is 4.99. The van der Waals surface area contributed by atoms with E-state index in [1.807, 2.05) is 14.0 Å². The van der Waals surface area contributed by atoms with Crippen LogP contribution in [0.4, 0.5) is 0 Å². The van der Waals surface area contributed by atoms with Crippen molar-refractivity contribution in [2.45, 2.75) is 38.6 Å². The van der Waals surface area contributed by atoms with Crippen LogP contribution in [0.15, 0.2) is 0 Å². The highest BCUT2D eigenvalue weighted by Gasteiger charge is 2.22. The topological polar surface area (TPSA) is 39.1 Å². The Morgan fingerprint density at radius 3 is 2.80 bits per heavy atom. The molecule has 1 fully saturated rings. The average Bonchev–Trinajstić information content (AvgIpc) is 2.64. The molecule has 3 nitrogen and oxygen atoms in total. The van der Waals surface area contributed by atoms with Gasteiger partial charge in [-0.2, -0.15) is 5.26 Å². The molecular weight excluding hydrogens is 186 g/mol. The molecule has 1 aliphatic rings. The lowest BCUT2D eigenvalue weighted by atomic mass is 9.98. The fourth-order valence-corrected chi connectivity index (χ4v) is 2.12. The van der Waals surface area contributed by atoms with Crippen molar-refractivity contribution in [1.29, 1.82) is 5.26 Å². The third kappa shape index (κ3) is 3.81. The molecule has 1 N–H and O–H groups in total. The van der Waals surface area contributed by atoms with E-state index in [1.54, 1.807) is 0 Å². The number of hydrogen-bond acceptors (Lipinski definition) is 3. The van der Waals surface area contributed by atoms with Crippen molar-refractivity contribution in [3.05, 3.63) is 0 Å². The highest BCUT2D eigenvalue weighted by atomic mass is 15.1. The number of likely N-dealkylation sites (tertiary alicyclic amines) is 1. The lowest BCUT2D eigenvalue weighted by Crippen LogP contribution is -2.38. The maximum atomic E-state index is 8.99. The van der Waals surface area contributed by atoms with Gasteiger partial charge in [-0.25, -0.2) is 0 Å². The Bertz CT molecular complexity index is 234. The lowest BCUT2D eigenvalue weighted by molar-refractivity contribution is 0.303. The minimum absolute atomic E-state index is 0.342. The van der Waals surface area contributed by atoms with E-state index in [2.05, 4.69) is 23.2 Å². The van der Waals surface area contributed by atoms with Crippen LogP contribution in [0.3, 0.4) is 0 Å². The summed E-state index contributed by atoms with van der Waals surface area (Å²) in [6.45, 7) is 7.91. The minimum atomic E-state index is -0.342. The Labute approximate surface area is 93.5 Å². The molecule has 0 aromatic carbocycles. The van der Waals surface area contributed by atoms with Crippen LogP contribution in [0, 0.1) is 17.2 Å². The van der Waals surface area contributed by atoms with Gasteiger partial charge in [-0.05, 0) is 52.2 Å². The predicted molar refractivity (Wildman–Crippen MR) is 62.5 cm³/mol. The van der Waals surface area contributed by atoms with Gasteiger partial charge in [0, 0.05) is 6.54 Å². The summed E-state index contributed by atoms with van der Waals surface area (Å²) in [5.74, 6) is 0.858.